The van der Waals surface area contributed by atoms with Crippen LogP contribution in [0.1, 0.15) is 42.4 Å². The van der Waals surface area contributed by atoms with Gasteiger partial charge < -0.3 is 19.7 Å². The maximum absolute atomic E-state index is 14.8. The zero-order valence-corrected chi connectivity index (χ0v) is 30.6. The minimum Gasteiger partial charge on any atom is -0.493 e. The van der Waals surface area contributed by atoms with Crippen LogP contribution < -0.4 is 19.1 Å². The number of rotatable bonds is 14. The Hall–Kier alpha value is -4.25. The van der Waals surface area contributed by atoms with Gasteiger partial charge in [0.05, 0.1) is 24.8 Å². The number of nitrogens with zero attached hydrogens (tertiary/aromatic N) is 2. The van der Waals surface area contributed by atoms with Crippen molar-refractivity contribution in [1.29, 1.82) is 0 Å². The minimum atomic E-state index is -4.32. The van der Waals surface area contributed by atoms with Gasteiger partial charge in [0.2, 0.25) is 11.8 Å². The Kier molecular flexibility index (Phi) is 12.3. The van der Waals surface area contributed by atoms with Gasteiger partial charge in [-0.25, -0.2) is 8.42 Å². The molecule has 264 valence electrons. The predicted molar refractivity (Wildman–Crippen MR) is 197 cm³/mol. The van der Waals surface area contributed by atoms with Crippen LogP contribution in [-0.2, 0) is 32.6 Å². The molecule has 2 amide bonds. The molecule has 0 spiro atoms. The van der Waals surface area contributed by atoms with E-state index in [1.54, 1.807) is 42.5 Å². The maximum Gasteiger partial charge on any atom is 0.264 e. The highest BCUT2D eigenvalue weighted by Gasteiger charge is 2.36. The van der Waals surface area contributed by atoms with Crippen molar-refractivity contribution in [3.8, 4) is 11.5 Å². The average Bonchev–Trinajstić information content (AvgIpc) is 3.63. The Bertz CT molecular complexity index is 1880. The van der Waals surface area contributed by atoms with Gasteiger partial charge in [0.1, 0.15) is 12.6 Å². The Morgan fingerprint density at radius 3 is 2.12 bits per heavy atom. The van der Waals surface area contributed by atoms with E-state index in [1.165, 1.54) is 37.3 Å². The molecule has 1 unspecified atom stereocenters. The molecule has 9 nitrogen and oxygen atoms in total. The van der Waals surface area contributed by atoms with Crippen molar-refractivity contribution in [2.75, 3.05) is 25.1 Å². The van der Waals surface area contributed by atoms with Gasteiger partial charge >= 0.3 is 0 Å². The molecule has 0 saturated heterocycles. The SMILES string of the molecule is COc1ccc(N(CC(=O)N(Cc2c(Cl)cccc2Cl)C(Cc2ccccc2)C(=O)NC2CCCC2)S(=O)(=O)c2ccc(C)cc2)cc1OC. The summed E-state index contributed by atoms with van der Waals surface area (Å²) in [6.07, 6.45) is 3.87. The molecule has 1 saturated carbocycles. The number of hydrogen-bond donors (Lipinski definition) is 1. The van der Waals surface area contributed by atoms with Gasteiger partial charge in [0.25, 0.3) is 10.0 Å². The van der Waals surface area contributed by atoms with Crippen LogP contribution in [0, 0.1) is 6.92 Å². The summed E-state index contributed by atoms with van der Waals surface area (Å²) in [5, 5.41) is 3.79. The fraction of sp³-hybridized carbons (Fsp3) is 0.316. The van der Waals surface area contributed by atoms with Crippen LogP contribution in [0.15, 0.2) is 95.9 Å². The molecule has 5 rings (SSSR count). The molecule has 0 radical (unpaired) electrons. The van der Waals surface area contributed by atoms with Crippen molar-refractivity contribution in [3.63, 3.8) is 0 Å². The Labute approximate surface area is 304 Å². The second-order valence-electron chi connectivity index (χ2n) is 12.3. The second-order valence-corrected chi connectivity index (χ2v) is 15.0. The Morgan fingerprint density at radius 1 is 0.860 bits per heavy atom. The number of hydrogen-bond acceptors (Lipinski definition) is 6. The number of sulfonamides is 1. The lowest BCUT2D eigenvalue weighted by Gasteiger charge is -2.34. The highest BCUT2D eigenvalue weighted by molar-refractivity contribution is 7.92. The van der Waals surface area contributed by atoms with E-state index in [0.29, 0.717) is 21.4 Å². The number of methoxy groups -OCH3 is 2. The fourth-order valence-electron chi connectivity index (χ4n) is 6.12. The van der Waals surface area contributed by atoms with Crippen molar-refractivity contribution in [3.05, 3.63) is 118 Å². The first-order valence-corrected chi connectivity index (χ1v) is 18.6. The summed E-state index contributed by atoms with van der Waals surface area (Å²) in [6, 6.07) is 24.4. The smallest absolute Gasteiger partial charge is 0.264 e. The van der Waals surface area contributed by atoms with Crippen molar-refractivity contribution >= 4 is 50.7 Å². The molecule has 0 bridgehead atoms. The van der Waals surface area contributed by atoms with Gasteiger partial charge in [-0.2, -0.15) is 0 Å². The van der Waals surface area contributed by atoms with E-state index in [1.807, 2.05) is 37.3 Å². The number of anilines is 1. The molecule has 0 heterocycles. The molecule has 4 aromatic rings. The van der Waals surface area contributed by atoms with E-state index < -0.39 is 28.5 Å². The number of carbonyl (C=O) groups is 2. The van der Waals surface area contributed by atoms with E-state index in [4.69, 9.17) is 32.7 Å². The number of amides is 2. The van der Waals surface area contributed by atoms with Gasteiger partial charge in [-0.05, 0) is 61.7 Å². The van der Waals surface area contributed by atoms with Crippen LogP contribution in [0.2, 0.25) is 10.0 Å². The van der Waals surface area contributed by atoms with Gasteiger partial charge in [-0.15, -0.1) is 0 Å². The van der Waals surface area contributed by atoms with Gasteiger partial charge in [0, 0.05) is 40.7 Å². The molecule has 0 aromatic heterocycles. The van der Waals surface area contributed by atoms with Crippen LogP contribution in [0.3, 0.4) is 0 Å². The summed E-state index contributed by atoms with van der Waals surface area (Å²) in [5.41, 5.74) is 2.31. The molecule has 1 N–H and O–H groups in total. The molecular formula is C38H41Cl2N3O6S. The standard InChI is InChI=1S/C38H41Cl2N3O6S/c1-26-16-19-30(20-17-26)50(46,47)43(29-18-21-35(48-2)36(23-29)49-3)25-37(44)42(24-31-32(39)14-9-15-33(31)40)34(22-27-10-5-4-6-11-27)38(45)41-28-12-7-8-13-28/h4-6,9-11,14-21,23,28,34H,7-8,12-13,22,24-25H2,1-3H3,(H,41,45). The lowest BCUT2D eigenvalue weighted by molar-refractivity contribution is -0.140. The average molecular weight is 739 g/mol. The quantitative estimate of drug-likeness (QED) is 0.147. The van der Waals surface area contributed by atoms with E-state index in [2.05, 4.69) is 5.32 Å². The molecule has 1 aliphatic rings. The predicted octanol–water partition coefficient (Wildman–Crippen LogP) is 7.21. The zero-order chi connectivity index (χ0) is 35.8. The van der Waals surface area contributed by atoms with Crippen LogP contribution in [0.25, 0.3) is 0 Å². The van der Waals surface area contributed by atoms with Crippen molar-refractivity contribution in [1.82, 2.24) is 10.2 Å². The first-order valence-electron chi connectivity index (χ1n) is 16.4. The largest absolute Gasteiger partial charge is 0.493 e. The van der Waals surface area contributed by atoms with Gasteiger partial charge in [-0.1, -0.05) is 90.1 Å². The normalized spacial score (nSPS) is 13.8. The summed E-state index contributed by atoms with van der Waals surface area (Å²) < 4.78 is 40.7. The summed E-state index contributed by atoms with van der Waals surface area (Å²) >= 11 is 13.3. The first kappa shape index (κ1) is 37.0. The summed E-state index contributed by atoms with van der Waals surface area (Å²) in [7, 11) is -1.40. The number of halogens is 2. The highest BCUT2D eigenvalue weighted by atomic mass is 35.5. The summed E-state index contributed by atoms with van der Waals surface area (Å²) in [6.45, 7) is 1.07. The molecule has 1 aliphatic carbocycles. The fourth-order valence-corrected chi connectivity index (χ4v) is 8.04. The molecule has 1 atom stereocenters. The zero-order valence-electron chi connectivity index (χ0n) is 28.3. The number of aryl methyl sites for hydroxylation is 1. The molecule has 4 aromatic carbocycles. The third-order valence-corrected chi connectivity index (χ3v) is 11.4. The number of nitrogens with one attached hydrogen (secondary N) is 1. The number of carbonyl (C=O) groups excluding carboxylic acids is 2. The molecule has 12 heteroatoms. The Morgan fingerprint density at radius 2 is 1.50 bits per heavy atom. The molecule has 1 fully saturated rings. The lowest BCUT2D eigenvalue weighted by Crippen LogP contribution is -2.54. The van der Waals surface area contributed by atoms with E-state index >= 15 is 0 Å². The number of benzene rings is 4. The van der Waals surface area contributed by atoms with E-state index in [0.717, 1.165) is 41.1 Å². The van der Waals surface area contributed by atoms with Crippen molar-refractivity contribution in [2.24, 2.45) is 0 Å². The topological polar surface area (TPSA) is 105 Å². The van der Waals surface area contributed by atoms with Gasteiger partial charge in [0.15, 0.2) is 11.5 Å². The van der Waals surface area contributed by atoms with Crippen LogP contribution in [-0.4, -0.2) is 58.0 Å². The second kappa shape index (κ2) is 16.6. The molecule has 0 aliphatic heterocycles. The van der Waals surface area contributed by atoms with Gasteiger partial charge in [-0.3, -0.25) is 13.9 Å². The lowest BCUT2D eigenvalue weighted by atomic mass is 10.0. The summed E-state index contributed by atoms with van der Waals surface area (Å²) in [5.74, 6) is -0.304. The minimum absolute atomic E-state index is 0.00815. The highest BCUT2D eigenvalue weighted by Crippen LogP contribution is 2.35. The van der Waals surface area contributed by atoms with E-state index in [9.17, 15) is 18.0 Å². The van der Waals surface area contributed by atoms with Crippen LogP contribution in [0.4, 0.5) is 5.69 Å². The van der Waals surface area contributed by atoms with Crippen LogP contribution >= 0.6 is 23.2 Å². The molecule has 50 heavy (non-hydrogen) atoms. The van der Waals surface area contributed by atoms with Crippen molar-refractivity contribution in [2.45, 2.75) is 62.6 Å². The maximum atomic E-state index is 14.8. The van der Waals surface area contributed by atoms with Crippen molar-refractivity contribution < 1.29 is 27.5 Å². The third-order valence-electron chi connectivity index (χ3n) is 8.91. The monoisotopic (exact) mass is 737 g/mol. The van der Waals surface area contributed by atoms with Crippen LogP contribution in [0.5, 0.6) is 11.5 Å². The molecular weight excluding hydrogens is 697 g/mol. The van der Waals surface area contributed by atoms with E-state index in [-0.39, 0.29) is 41.2 Å². The Balaban J connectivity index is 1.62. The summed E-state index contributed by atoms with van der Waals surface area (Å²) in [4.78, 5) is 30.5. The number of ether oxygens (including phenoxy) is 2. The third kappa shape index (κ3) is 8.72. The first-order chi connectivity index (χ1) is 24.0.